The van der Waals surface area contributed by atoms with Crippen molar-refractivity contribution in [2.45, 2.75) is 64.9 Å². The van der Waals surface area contributed by atoms with E-state index in [1.54, 1.807) is 30.3 Å². The molecule has 3 aromatic carbocycles. The van der Waals surface area contributed by atoms with E-state index in [-0.39, 0.29) is 17.3 Å². The van der Waals surface area contributed by atoms with E-state index in [1.807, 2.05) is 77.1 Å². The first kappa shape index (κ1) is 29.9. The van der Waals surface area contributed by atoms with Gasteiger partial charge in [-0.25, -0.2) is 8.42 Å². The summed E-state index contributed by atoms with van der Waals surface area (Å²) < 4.78 is 29.1. The molecule has 1 unspecified atom stereocenters. The number of aryl methyl sites for hydroxylation is 3. The quantitative estimate of drug-likeness (QED) is 0.339. The lowest BCUT2D eigenvalue weighted by atomic mass is 10.1. The first-order chi connectivity index (χ1) is 18.6. The van der Waals surface area contributed by atoms with Crippen molar-refractivity contribution in [1.82, 2.24) is 10.2 Å². The molecule has 0 aliphatic carbocycles. The predicted molar refractivity (Wildman–Crippen MR) is 156 cm³/mol. The van der Waals surface area contributed by atoms with Gasteiger partial charge in [0.1, 0.15) is 12.6 Å². The zero-order valence-corrected chi connectivity index (χ0v) is 24.3. The lowest BCUT2D eigenvalue weighted by Gasteiger charge is -2.33. The third-order valence-electron chi connectivity index (χ3n) is 6.64. The fraction of sp³-hybridized carbons (Fsp3) is 0.355. The standard InChI is InChI=1S/C31H39N3O4S/c1-6-19-32-31(36)28(7-2)33(21-26-11-9-8-10-12-26)30(35)22-34(29-18-15-24(4)20-25(29)5)39(37,38)27-16-13-23(3)14-17-27/h8-18,20,28H,6-7,19,21-22H2,1-5H3,(H,32,36). The van der Waals surface area contributed by atoms with Crippen LogP contribution in [0.4, 0.5) is 5.69 Å². The average molecular weight is 550 g/mol. The Bertz CT molecular complexity index is 1370. The van der Waals surface area contributed by atoms with Gasteiger partial charge in [0, 0.05) is 13.1 Å². The van der Waals surface area contributed by atoms with Gasteiger partial charge in [0.25, 0.3) is 10.0 Å². The number of carbonyl (C=O) groups is 2. The molecule has 0 bridgehead atoms. The van der Waals surface area contributed by atoms with E-state index in [2.05, 4.69) is 5.32 Å². The van der Waals surface area contributed by atoms with E-state index in [4.69, 9.17) is 0 Å². The Morgan fingerprint density at radius 1 is 0.872 bits per heavy atom. The molecule has 1 atom stereocenters. The molecule has 1 N–H and O–H groups in total. The molecule has 0 aliphatic rings. The highest BCUT2D eigenvalue weighted by Gasteiger charge is 2.34. The van der Waals surface area contributed by atoms with Crippen LogP contribution in [-0.4, -0.2) is 44.3 Å². The van der Waals surface area contributed by atoms with E-state index in [9.17, 15) is 18.0 Å². The van der Waals surface area contributed by atoms with Gasteiger partial charge in [-0.1, -0.05) is 79.6 Å². The molecular weight excluding hydrogens is 510 g/mol. The van der Waals surface area contributed by atoms with Gasteiger partial charge >= 0.3 is 0 Å². The molecule has 39 heavy (non-hydrogen) atoms. The van der Waals surface area contributed by atoms with Crippen LogP contribution in [0.1, 0.15) is 48.9 Å². The molecule has 0 saturated carbocycles. The van der Waals surface area contributed by atoms with Crippen LogP contribution in [0.15, 0.2) is 77.7 Å². The fourth-order valence-corrected chi connectivity index (χ4v) is 5.98. The summed E-state index contributed by atoms with van der Waals surface area (Å²) in [7, 11) is -4.09. The number of nitrogens with one attached hydrogen (secondary N) is 1. The summed E-state index contributed by atoms with van der Waals surface area (Å²) in [5, 5.41) is 2.90. The topological polar surface area (TPSA) is 86.8 Å². The van der Waals surface area contributed by atoms with Gasteiger partial charge in [0.2, 0.25) is 11.8 Å². The number of nitrogens with zero attached hydrogens (tertiary/aromatic N) is 2. The number of rotatable bonds is 12. The molecule has 2 amide bonds. The van der Waals surface area contributed by atoms with Crippen molar-refractivity contribution in [3.63, 3.8) is 0 Å². The number of hydrogen-bond acceptors (Lipinski definition) is 4. The highest BCUT2D eigenvalue weighted by atomic mass is 32.2. The normalized spacial score (nSPS) is 12.0. The van der Waals surface area contributed by atoms with Crippen LogP contribution in [-0.2, 0) is 26.2 Å². The number of anilines is 1. The summed E-state index contributed by atoms with van der Waals surface area (Å²) in [5.74, 6) is -0.698. The minimum Gasteiger partial charge on any atom is -0.354 e. The molecule has 0 radical (unpaired) electrons. The maximum atomic E-state index is 14.1. The highest BCUT2D eigenvalue weighted by Crippen LogP contribution is 2.28. The van der Waals surface area contributed by atoms with E-state index in [0.717, 1.165) is 28.7 Å². The summed E-state index contributed by atoms with van der Waals surface area (Å²) in [4.78, 5) is 28.8. The summed E-state index contributed by atoms with van der Waals surface area (Å²) in [6, 6.07) is 20.7. The minimum atomic E-state index is -4.09. The van der Waals surface area contributed by atoms with Crippen LogP contribution >= 0.6 is 0 Å². The van der Waals surface area contributed by atoms with Crippen molar-refractivity contribution in [2.24, 2.45) is 0 Å². The largest absolute Gasteiger partial charge is 0.354 e. The Morgan fingerprint density at radius 3 is 2.10 bits per heavy atom. The molecular formula is C31H39N3O4S. The molecule has 0 saturated heterocycles. The van der Waals surface area contributed by atoms with E-state index in [0.29, 0.717) is 18.7 Å². The lowest BCUT2D eigenvalue weighted by molar-refractivity contribution is -0.140. The molecule has 208 valence electrons. The number of sulfonamides is 1. The Hall–Kier alpha value is -3.65. The molecule has 3 rings (SSSR count). The Balaban J connectivity index is 2.07. The Kier molecular flexibility index (Phi) is 10.3. The van der Waals surface area contributed by atoms with Crippen LogP contribution in [0.25, 0.3) is 0 Å². The van der Waals surface area contributed by atoms with Gasteiger partial charge in [0.15, 0.2) is 0 Å². The maximum absolute atomic E-state index is 14.1. The van der Waals surface area contributed by atoms with Crippen LogP contribution in [0.5, 0.6) is 0 Å². The van der Waals surface area contributed by atoms with Crippen molar-refractivity contribution in [3.8, 4) is 0 Å². The van der Waals surface area contributed by atoms with E-state index >= 15 is 0 Å². The average Bonchev–Trinajstić information content (AvgIpc) is 2.91. The van der Waals surface area contributed by atoms with E-state index < -0.39 is 28.5 Å². The molecule has 7 nitrogen and oxygen atoms in total. The molecule has 0 spiro atoms. The first-order valence-corrected chi connectivity index (χ1v) is 14.8. The molecule has 0 fully saturated rings. The van der Waals surface area contributed by atoms with Gasteiger partial charge in [-0.3, -0.25) is 13.9 Å². The van der Waals surface area contributed by atoms with Crippen LogP contribution in [0.3, 0.4) is 0 Å². The van der Waals surface area contributed by atoms with Crippen molar-refractivity contribution in [2.75, 3.05) is 17.4 Å². The molecule has 0 heterocycles. The number of benzene rings is 3. The first-order valence-electron chi connectivity index (χ1n) is 13.4. The lowest BCUT2D eigenvalue weighted by Crippen LogP contribution is -2.52. The van der Waals surface area contributed by atoms with Crippen molar-refractivity contribution in [1.29, 1.82) is 0 Å². The molecule has 0 aromatic heterocycles. The van der Waals surface area contributed by atoms with Gasteiger partial charge in [-0.15, -0.1) is 0 Å². The van der Waals surface area contributed by atoms with Crippen molar-refractivity contribution in [3.05, 3.63) is 95.1 Å². The summed E-state index contributed by atoms with van der Waals surface area (Å²) >= 11 is 0. The monoisotopic (exact) mass is 549 g/mol. The molecule has 0 aliphatic heterocycles. The minimum absolute atomic E-state index is 0.100. The van der Waals surface area contributed by atoms with Crippen molar-refractivity contribution < 1.29 is 18.0 Å². The smallest absolute Gasteiger partial charge is 0.264 e. The second kappa shape index (κ2) is 13.4. The Morgan fingerprint density at radius 2 is 1.51 bits per heavy atom. The highest BCUT2D eigenvalue weighted by molar-refractivity contribution is 7.92. The number of carbonyl (C=O) groups excluding carboxylic acids is 2. The molecule has 8 heteroatoms. The second-order valence-electron chi connectivity index (χ2n) is 9.84. The molecule has 3 aromatic rings. The SMILES string of the molecule is CCCNC(=O)C(CC)N(Cc1ccccc1)C(=O)CN(c1ccc(C)cc1C)S(=O)(=O)c1ccc(C)cc1. The predicted octanol–water partition coefficient (Wildman–Crippen LogP) is 5.14. The van der Waals surface area contributed by atoms with Gasteiger partial charge < -0.3 is 10.2 Å². The van der Waals surface area contributed by atoms with Crippen molar-refractivity contribution >= 4 is 27.5 Å². The maximum Gasteiger partial charge on any atom is 0.264 e. The van der Waals surface area contributed by atoms with Gasteiger partial charge in [-0.2, -0.15) is 0 Å². The fourth-order valence-electron chi connectivity index (χ4n) is 4.50. The summed E-state index contributed by atoms with van der Waals surface area (Å²) in [5.41, 5.74) is 3.94. The Labute approximate surface area is 232 Å². The van der Waals surface area contributed by atoms with E-state index in [1.165, 1.54) is 9.21 Å². The van der Waals surface area contributed by atoms with Gasteiger partial charge in [-0.05, 0) is 62.9 Å². The van der Waals surface area contributed by atoms with Crippen LogP contribution in [0.2, 0.25) is 0 Å². The third-order valence-corrected chi connectivity index (χ3v) is 8.41. The summed E-state index contributed by atoms with van der Waals surface area (Å²) in [6.45, 7) is 9.71. The van der Waals surface area contributed by atoms with Gasteiger partial charge in [0.05, 0.1) is 10.6 Å². The second-order valence-corrected chi connectivity index (χ2v) is 11.7. The third kappa shape index (κ3) is 7.47. The zero-order chi connectivity index (χ0) is 28.6. The number of hydrogen-bond donors (Lipinski definition) is 1. The summed E-state index contributed by atoms with van der Waals surface area (Å²) in [6.07, 6.45) is 1.16. The number of amides is 2. The van der Waals surface area contributed by atoms with Crippen LogP contribution < -0.4 is 9.62 Å². The zero-order valence-electron chi connectivity index (χ0n) is 23.5. The van der Waals surface area contributed by atoms with Crippen LogP contribution in [0, 0.1) is 20.8 Å².